The molecule has 1 fully saturated rings. The number of ketones is 1. The molecule has 0 N–H and O–H groups in total. The van der Waals surface area contributed by atoms with Crippen LogP contribution in [0.25, 0.3) is 6.08 Å². The van der Waals surface area contributed by atoms with Gasteiger partial charge in [0.2, 0.25) is 0 Å². The van der Waals surface area contributed by atoms with E-state index < -0.39 is 15.7 Å². The summed E-state index contributed by atoms with van der Waals surface area (Å²) in [6, 6.07) is 3.42. The normalized spacial score (nSPS) is 19.3. The molecule has 3 rings (SSSR count). The first-order chi connectivity index (χ1) is 12.2. The lowest BCUT2D eigenvalue weighted by atomic mass is 10.1. The molecule has 1 aromatic carbocycles. The molecule has 1 atom stereocenters. The van der Waals surface area contributed by atoms with Crippen LogP contribution in [-0.2, 0) is 9.84 Å². The molecule has 5 nitrogen and oxygen atoms in total. The summed E-state index contributed by atoms with van der Waals surface area (Å²) in [5.41, 5.74) is 1.37. The largest absolute Gasteiger partial charge is 0.289 e. The summed E-state index contributed by atoms with van der Waals surface area (Å²) in [7, 11) is -3.07. The number of hydrogen-bond acceptors (Lipinski definition) is 4. The van der Waals surface area contributed by atoms with Gasteiger partial charge >= 0.3 is 0 Å². The van der Waals surface area contributed by atoms with Gasteiger partial charge in [0, 0.05) is 11.1 Å². The maximum atomic E-state index is 13.2. The molecule has 0 saturated carbocycles. The summed E-state index contributed by atoms with van der Waals surface area (Å²) in [4.78, 5) is 12.2. The van der Waals surface area contributed by atoms with Crippen molar-refractivity contribution >= 4 is 44.9 Å². The third-order valence-electron chi connectivity index (χ3n) is 4.23. The summed E-state index contributed by atoms with van der Waals surface area (Å²) < 4.78 is 38.0. The van der Waals surface area contributed by atoms with Crippen LogP contribution in [-0.4, -0.2) is 35.5 Å². The molecule has 9 heteroatoms. The summed E-state index contributed by atoms with van der Waals surface area (Å²) in [5, 5.41) is 4.47. The molecule has 138 valence electrons. The molecule has 1 saturated heterocycles. The van der Waals surface area contributed by atoms with Gasteiger partial charge in [0.1, 0.15) is 11.0 Å². The van der Waals surface area contributed by atoms with Crippen LogP contribution in [0.3, 0.4) is 0 Å². The molecule has 0 unspecified atom stereocenters. The monoisotopic (exact) mass is 416 g/mol. The highest BCUT2D eigenvalue weighted by Gasteiger charge is 2.31. The number of hydrogen-bond donors (Lipinski definition) is 0. The number of rotatable bonds is 4. The van der Waals surface area contributed by atoms with Gasteiger partial charge in [0.15, 0.2) is 15.6 Å². The summed E-state index contributed by atoms with van der Waals surface area (Å²) in [6.07, 6.45) is 3.28. The van der Waals surface area contributed by atoms with Crippen molar-refractivity contribution in [1.29, 1.82) is 0 Å². The Morgan fingerprint density at radius 1 is 1.38 bits per heavy atom. The number of halogens is 3. The van der Waals surface area contributed by atoms with Crippen molar-refractivity contribution in [3.05, 3.63) is 57.1 Å². The van der Waals surface area contributed by atoms with Crippen LogP contribution in [0.4, 0.5) is 4.39 Å². The van der Waals surface area contributed by atoms with Crippen molar-refractivity contribution < 1.29 is 17.6 Å². The van der Waals surface area contributed by atoms with Crippen molar-refractivity contribution in [2.24, 2.45) is 0 Å². The van der Waals surface area contributed by atoms with Crippen LogP contribution >= 0.6 is 23.2 Å². The van der Waals surface area contributed by atoms with Gasteiger partial charge in [-0.25, -0.2) is 17.5 Å². The van der Waals surface area contributed by atoms with Gasteiger partial charge in [-0.15, -0.1) is 0 Å². The number of benzene rings is 1. The van der Waals surface area contributed by atoms with E-state index in [2.05, 4.69) is 5.10 Å². The third kappa shape index (κ3) is 3.84. The average molecular weight is 417 g/mol. The van der Waals surface area contributed by atoms with Crippen LogP contribution < -0.4 is 0 Å². The van der Waals surface area contributed by atoms with Crippen molar-refractivity contribution in [2.75, 3.05) is 11.5 Å². The van der Waals surface area contributed by atoms with E-state index >= 15 is 0 Å². The Bertz CT molecular complexity index is 1020. The number of carbonyl (C=O) groups is 1. The van der Waals surface area contributed by atoms with E-state index in [4.69, 9.17) is 23.2 Å². The van der Waals surface area contributed by atoms with Crippen molar-refractivity contribution in [2.45, 2.75) is 19.4 Å². The summed E-state index contributed by atoms with van der Waals surface area (Å²) in [5.74, 6) is -0.844. The molecule has 2 aromatic rings. The molecule has 0 amide bonds. The number of carbonyl (C=O) groups excluding carboxylic acids is 1. The van der Waals surface area contributed by atoms with Gasteiger partial charge < -0.3 is 0 Å². The topological polar surface area (TPSA) is 69.0 Å². The van der Waals surface area contributed by atoms with Crippen molar-refractivity contribution in [3.8, 4) is 0 Å². The van der Waals surface area contributed by atoms with E-state index in [0.29, 0.717) is 17.7 Å². The molecule has 2 heterocycles. The smallest absolute Gasteiger partial charge is 0.185 e. The second kappa shape index (κ2) is 7.13. The Kier molecular flexibility index (Phi) is 5.23. The van der Waals surface area contributed by atoms with Crippen LogP contribution in [0.5, 0.6) is 0 Å². The zero-order valence-electron chi connectivity index (χ0n) is 13.7. The van der Waals surface area contributed by atoms with Crippen LogP contribution in [0.1, 0.15) is 34.1 Å². The van der Waals surface area contributed by atoms with E-state index in [9.17, 15) is 17.6 Å². The number of sulfone groups is 1. The minimum absolute atomic E-state index is 0.00397. The Labute approximate surface area is 160 Å². The van der Waals surface area contributed by atoms with Gasteiger partial charge in [-0.05, 0) is 43.7 Å². The Morgan fingerprint density at radius 2 is 2.12 bits per heavy atom. The first kappa shape index (κ1) is 19.1. The first-order valence-electron chi connectivity index (χ1n) is 7.80. The van der Waals surface area contributed by atoms with E-state index in [1.807, 2.05) is 0 Å². The zero-order valence-corrected chi connectivity index (χ0v) is 16.1. The average Bonchev–Trinajstić information content (AvgIpc) is 3.07. The van der Waals surface area contributed by atoms with Crippen LogP contribution in [0.15, 0.2) is 24.3 Å². The number of aryl methyl sites for hydroxylation is 1. The minimum Gasteiger partial charge on any atom is -0.289 e. The molecule has 0 spiro atoms. The quantitative estimate of drug-likeness (QED) is 0.559. The fourth-order valence-electron chi connectivity index (χ4n) is 2.84. The predicted molar refractivity (Wildman–Crippen MR) is 99.1 cm³/mol. The van der Waals surface area contributed by atoms with Crippen molar-refractivity contribution in [3.63, 3.8) is 0 Å². The highest BCUT2D eigenvalue weighted by molar-refractivity contribution is 7.91. The molecule has 0 aliphatic carbocycles. The molecule has 0 bridgehead atoms. The summed E-state index contributed by atoms with van der Waals surface area (Å²) in [6.45, 7) is 1.73. The minimum atomic E-state index is -3.07. The lowest BCUT2D eigenvalue weighted by Crippen LogP contribution is -2.12. The highest BCUT2D eigenvalue weighted by Crippen LogP contribution is 2.30. The van der Waals surface area contributed by atoms with Gasteiger partial charge in [0.05, 0.1) is 28.3 Å². The zero-order chi connectivity index (χ0) is 19.1. The van der Waals surface area contributed by atoms with E-state index in [0.717, 1.165) is 6.07 Å². The Hall–Kier alpha value is -1.70. The Balaban J connectivity index is 1.85. The van der Waals surface area contributed by atoms with Gasteiger partial charge in [-0.2, -0.15) is 5.10 Å². The predicted octanol–water partition coefficient (Wildman–Crippen LogP) is 3.89. The lowest BCUT2D eigenvalue weighted by molar-refractivity contribution is 0.104. The lowest BCUT2D eigenvalue weighted by Gasteiger charge is -2.09. The second-order valence-corrected chi connectivity index (χ2v) is 9.11. The molecule has 1 aliphatic heterocycles. The highest BCUT2D eigenvalue weighted by atomic mass is 35.5. The number of aromatic nitrogens is 2. The van der Waals surface area contributed by atoms with Gasteiger partial charge in [-0.3, -0.25) is 4.79 Å². The first-order valence-corrected chi connectivity index (χ1v) is 10.4. The molecular formula is C17H15Cl2FN2O3S. The second-order valence-electron chi connectivity index (χ2n) is 6.12. The van der Waals surface area contributed by atoms with E-state index in [-0.39, 0.29) is 39.1 Å². The van der Waals surface area contributed by atoms with E-state index in [1.165, 1.54) is 29.0 Å². The number of allylic oxidation sites excluding steroid dienone is 1. The van der Waals surface area contributed by atoms with E-state index in [1.54, 1.807) is 6.92 Å². The maximum Gasteiger partial charge on any atom is 0.185 e. The molecule has 1 aliphatic rings. The number of nitrogens with zero attached hydrogens (tertiary/aromatic N) is 2. The SMILES string of the molecule is Cc1nn([C@@H]2CCS(=O)(=O)C2)c(Cl)c1/C=C/C(=O)c1ccc(F)c(Cl)c1. The fraction of sp³-hybridized carbons (Fsp3) is 0.294. The standard InChI is InChI=1S/C17H15Cl2FN2O3S/c1-10-13(3-5-16(23)11-2-4-15(20)14(18)8-11)17(19)22(21-10)12-6-7-26(24,25)9-12/h2-5,8,12H,6-7,9H2,1H3/b5-3+/t12-/m1/s1. The maximum absolute atomic E-state index is 13.2. The molecule has 1 aromatic heterocycles. The Morgan fingerprint density at radius 3 is 2.73 bits per heavy atom. The molecule has 0 radical (unpaired) electrons. The van der Waals surface area contributed by atoms with Crippen molar-refractivity contribution in [1.82, 2.24) is 9.78 Å². The van der Waals surface area contributed by atoms with Gasteiger partial charge in [-0.1, -0.05) is 23.2 Å². The fourth-order valence-corrected chi connectivity index (χ4v) is 5.08. The third-order valence-corrected chi connectivity index (χ3v) is 6.65. The summed E-state index contributed by atoms with van der Waals surface area (Å²) >= 11 is 12.0. The van der Waals surface area contributed by atoms with Crippen LogP contribution in [0.2, 0.25) is 10.2 Å². The molecule has 26 heavy (non-hydrogen) atoms. The van der Waals surface area contributed by atoms with Gasteiger partial charge in [0.25, 0.3) is 0 Å². The molecular weight excluding hydrogens is 402 g/mol. The van der Waals surface area contributed by atoms with Crippen LogP contribution in [0, 0.1) is 12.7 Å².